The molecule has 0 bridgehead atoms. The van der Waals surface area contributed by atoms with Crippen LogP contribution in [-0.2, 0) is 9.59 Å². The van der Waals surface area contributed by atoms with Crippen LogP contribution in [0.15, 0.2) is 29.4 Å². The third kappa shape index (κ3) is 3.54. The molecule has 2 amide bonds. The van der Waals surface area contributed by atoms with Crippen molar-refractivity contribution in [3.63, 3.8) is 0 Å². The molecule has 1 aliphatic heterocycles. The van der Waals surface area contributed by atoms with Crippen LogP contribution in [0.3, 0.4) is 0 Å². The Balaban J connectivity index is 2.02. The van der Waals surface area contributed by atoms with E-state index < -0.39 is 0 Å². The molecule has 0 aliphatic carbocycles. The van der Waals surface area contributed by atoms with Gasteiger partial charge in [-0.05, 0) is 19.1 Å². The lowest BCUT2D eigenvalue weighted by atomic mass is 10.1. The second-order valence-electron chi connectivity index (χ2n) is 4.01. The fourth-order valence-electron chi connectivity index (χ4n) is 1.67. The van der Waals surface area contributed by atoms with E-state index in [2.05, 4.69) is 15.8 Å². The number of nitrogens with one attached hydrogen (secondary N) is 2. The number of anilines is 1. The molecule has 0 unspecified atom stereocenters. The van der Waals surface area contributed by atoms with Crippen LogP contribution in [0.2, 0.25) is 0 Å². The van der Waals surface area contributed by atoms with Crippen molar-refractivity contribution in [2.24, 2.45) is 5.10 Å². The minimum absolute atomic E-state index is 0.171. The summed E-state index contributed by atoms with van der Waals surface area (Å²) in [4.78, 5) is 22.8. The molecular weight excluding hydrogens is 246 g/mol. The van der Waals surface area contributed by atoms with Gasteiger partial charge in [0.2, 0.25) is 5.91 Å². The van der Waals surface area contributed by atoms with E-state index in [-0.39, 0.29) is 18.2 Å². The van der Waals surface area contributed by atoms with E-state index in [1.165, 1.54) is 0 Å². The largest absolute Gasteiger partial charge is 0.494 e. The number of hydrazone groups is 1. The molecule has 6 heteroatoms. The molecular formula is C13H15N3O3. The van der Waals surface area contributed by atoms with Crippen LogP contribution in [0.5, 0.6) is 5.75 Å². The first-order chi connectivity index (χ1) is 9.19. The molecule has 1 heterocycles. The zero-order chi connectivity index (χ0) is 13.7. The van der Waals surface area contributed by atoms with Crippen LogP contribution in [-0.4, -0.2) is 24.1 Å². The number of carbonyl (C=O) groups excluding carboxylic acids is 2. The van der Waals surface area contributed by atoms with E-state index in [1.807, 2.05) is 13.0 Å². The van der Waals surface area contributed by atoms with Crippen LogP contribution in [0.1, 0.15) is 19.8 Å². The lowest BCUT2D eigenvalue weighted by Crippen LogP contribution is -2.32. The summed E-state index contributed by atoms with van der Waals surface area (Å²) in [6.45, 7) is 2.46. The Morgan fingerprint density at radius 1 is 1.47 bits per heavy atom. The monoisotopic (exact) mass is 261 g/mol. The van der Waals surface area contributed by atoms with Crippen LogP contribution < -0.4 is 15.5 Å². The van der Waals surface area contributed by atoms with Gasteiger partial charge in [0.1, 0.15) is 11.5 Å². The maximum Gasteiger partial charge on any atom is 0.271 e. The van der Waals surface area contributed by atoms with Gasteiger partial charge in [-0.15, -0.1) is 0 Å². The van der Waals surface area contributed by atoms with Crippen molar-refractivity contribution in [3.8, 4) is 5.75 Å². The Morgan fingerprint density at radius 3 is 3.00 bits per heavy atom. The number of amides is 2. The average molecular weight is 261 g/mol. The molecule has 100 valence electrons. The van der Waals surface area contributed by atoms with Crippen LogP contribution >= 0.6 is 0 Å². The summed E-state index contributed by atoms with van der Waals surface area (Å²) in [5.74, 6) is 0.211. The van der Waals surface area contributed by atoms with Crippen molar-refractivity contribution in [3.05, 3.63) is 24.3 Å². The van der Waals surface area contributed by atoms with Gasteiger partial charge < -0.3 is 10.1 Å². The van der Waals surface area contributed by atoms with Crippen molar-refractivity contribution >= 4 is 23.2 Å². The van der Waals surface area contributed by atoms with Crippen molar-refractivity contribution in [1.82, 2.24) is 5.43 Å². The fraction of sp³-hybridized carbons (Fsp3) is 0.308. The summed E-state index contributed by atoms with van der Waals surface area (Å²) < 4.78 is 5.35. The molecule has 2 rings (SSSR count). The maximum atomic E-state index is 11.9. The molecule has 6 nitrogen and oxygen atoms in total. The van der Waals surface area contributed by atoms with Gasteiger partial charge in [0.25, 0.3) is 5.91 Å². The fourth-order valence-corrected chi connectivity index (χ4v) is 1.67. The molecule has 1 aromatic carbocycles. The molecule has 0 fully saturated rings. The highest BCUT2D eigenvalue weighted by molar-refractivity contribution is 6.43. The number of benzene rings is 1. The topological polar surface area (TPSA) is 79.8 Å². The molecule has 0 atom stereocenters. The smallest absolute Gasteiger partial charge is 0.271 e. The first-order valence-electron chi connectivity index (χ1n) is 6.08. The lowest BCUT2D eigenvalue weighted by molar-refractivity contribution is -0.121. The highest BCUT2D eigenvalue weighted by atomic mass is 16.5. The standard InChI is InChI=1S/C13H15N3O3/c1-2-19-10-5-3-4-9(8-10)14-13(18)11-6-7-12(17)16-15-11/h3-5,8H,2,6-7H2,1H3,(H,14,18)(H,16,17). The predicted octanol–water partition coefficient (Wildman–Crippen LogP) is 1.29. The lowest BCUT2D eigenvalue weighted by Gasteiger charge is -2.12. The molecule has 0 saturated carbocycles. The first kappa shape index (κ1) is 13.1. The highest BCUT2D eigenvalue weighted by Gasteiger charge is 2.18. The predicted molar refractivity (Wildman–Crippen MR) is 71.1 cm³/mol. The molecule has 0 radical (unpaired) electrons. The van der Waals surface area contributed by atoms with Crippen molar-refractivity contribution in [2.45, 2.75) is 19.8 Å². The van der Waals surface area contributed by atoms with Crippen LogP contribution in [0, 0.1) is 0 Å². The minimum Gasteiger partial charge on any atom is -0.494 e. The quantitative estimate of drug-likeness (QED) is 0.857. The second-order valence-corrected chi connectivity index (χ2v) is 4.01. The summed E-state index contributed by atoms with van der Waals surface area (Å²) in [5, 5.41) is 6.46. The number of hydrogen-bond acceptors (Lipinski definition) is 4. The molecule has 0 spiro atoms. The Bertz CT molecular complexity index is 526. The molecule has 2 N–H and O–H groups in total. The van der Waals surface area contributed by atoms with Gasteiger partial charge in [-0.3, -0.25) is 9.59 Å². The number of nitrogens with zero attached hydrogens (tertiary/aromatic N) is 1. The van der Waals surface area contributed by atoms with Gasteiger partial charge in [0.05, 0.1) is 6.61 Å². The summed E-state index contributed by atoms with van der Waals surface area (Å²) in [7, 11) is 0. The van der Waals surface area contributed by atoms with Crippen molar-refractivity contribution in [1.29, 1.82) is 0 Å². The van der Waals surface area contributed by atoms with E-state index >= 15 is 0 Å². The molecule has 19 heavy (non-hydrogen) atoms. The van der Waals surface area contributed by atoms with E-state index in [0.29, 0.717) is 30.2 Å². The summed E-state index contributed by atoms with van der Waals surface area (Å²) >= 11 is 0. The number of ether oxygens (including phenoxy) is 1. The van der Waals surface area contributed by atoms with E-state index in [1.54, 1.807) is 18.2 Å². The highest BCUT2D eigenvalue weighted by Crippen LogP contribution is 2.17. The van der Waals surface area contributed by atoms with Gasteiger partial charge >= 0.3 is 0 Å². The summed E-state index contributed by atoms with van der Waals surface area (Å²) in [5.41, 5.74) is 3.25. The second kappa shape index (κ2) is 5.99. The SMILES string of the molecule is CCOc1cccc(NC(=O)C2=NNC(=O)CC2)c1. The Morgan fingerprint density at radius 2 is 2.32 bits per heavy atom. The minimum atomic E-state index is -0.311. The van der Waals surface area contributed by atoms with Gasteiger partial charge in [0.15, 0.2) is 0 Å². The Hall–Kier alpha value is -2.37. The maximum absolute atomic E-state index is 11.9. The van der Waals surface area contributed by atoms with Crippen LogP contribution in [0.4, 0.5) is 5.69 Å². The van der Waals surface area contributed by atoms with Crippen molar-refractivity contribution in [2.75, 3.05) is 11.9 Å². The van der Waals surface area contributed by atoms with E-state index in [9.17, 15) is 9.59 Å². The number of hydrogen-bond donors (Lipinski definition) is 2. The van der Waals surface area contributed by atoms with Crippen molar-refractivity contribution < 1.29 is 14.3 Å². The number of rotatable bonds is 4. The summed E-state index contributed by atoms with van der Waals surface area (Å²) in [6.07, 6.45) is 0.633. The average Bonchev–Trinajstić information content (AvgIpc) is 2.40. The van der Waals surface area contributed by atoms with E-state index in [4.69, 9.17) is 4.74 Å². The third-order valence-electron chi connectivity index (χ3n) is 2.57. The van der Waals surface area contributed by atoms with Gasteiger partial charge in [0, 0.05) is 24.6 Å². The van der Waals surface area contributed by atoms with Gasteiger partial charge in [-0.1, -0.05) is 6.07 Å². The number of carbonyl (C=O) groups is 2. The van der Waals surface area contributed by atoms with Crippen LogP contribution in [0.25, 0.3) is 0 Å². The molecule has 0 aromatic heterocycles. The Kier molecular flexibility index (Phi) is 4.12. The van der Waals surface area contributed by atoms with Gasteiger partial charge in [-0.25, -0.2) is 5.43 Å². The zero-order valence-electron chi connectivity index (χ0n) is 10.6. The third-order valence-corrected chi connectivity index (χ3v) is 2.57. The molecule has 0 saturated heterocycles. The summed E-state index contributed by atoms with van der Waals surface area (Å²) in [6, 6.07) is 7.12. The normalized spacial score (nSPS) is 14.4. The molecule has 1 aliphatic rings. The van der Waals surface area contributed by atoms with E-state index in [0.717, 1.165) is 0 Å². The Labute approximate surface area is 110 Å². The molecule has 1 aromatic rings. The van der Waals surface area contributed by atoms with Gasteiger partial charge in [-0.2, -0.15) is 5.10 Å². The first-order valence-corrected chi connectivity index (χ1v) is 6.08. The zero-order valence-corrected chi connectivity index (χ0v) is 10.6.